The maximum absolute atomic E-state index is 4.81. The quantitative estimate of drug-likeness (QED) is 0.636. The van der Waals surface area contributed by atoms with Crippen LogP contribution in [-0.4, -0.2) is 44.4 Å². The van der Waals surface area contributed by atoms with Gasteiger partial charge in [-0.2, -0.15) is 4.37 Å². The largest absolute Gasteiger partial charge is 0.328 e. The molecule has 1 atom stereocenters. The number of imidazole rings is 1. The van der Waals surface area contributed by atoms with Crippen molar-refractivity contribution in [2.45, 2.75) is 19.9 Å². The molecular weight excluding hydrogens is 348 g/mol. The molecule has 3 aromatic rings. The van der Waals surface area contributed by atoms with Crippen LogP contribution >= 0.6 is 11.5 Å². The highest BCUT2D eigenvalue weighted by Gasteiger charge is 2.19. The zero-order chi connectivity index (χ0) is 18.3. The molecule has 0 bridgehead atoms. The van der Waals surface area contributed by atoms with Crippen molar-refractivity contribution in [1.29, 1.82) is 0 Å². The number of aryl methyl sites for hydroxylation is 1. The van der Waals surface area contributed by atoms with Gasteiger partial charge in [-0.1, -0.05) is 0 Å². The zero-order valence-corrected chi connectivity index (χ0v) is 16.1. The summed E-state index contributed by atoms with van der Waals surface area (Å²) >= 11 is 1.42. The molecule has 3 aromatic heterocycles. The molecule has 1 aliphatic rings. The number of fused-ring (bicyclic) bond motifs is 1. The second-order valence-electron chi connectivity index (χ2n) is 6.42. The van der Waals surface area contributed by atoms with Crippen LogP contribution in [-0.2, 0) is 0 Å². The van der Waals surface area contributed by atoms with E-state index < -0.39 is 0 Å². The summed E-state index contributed by atoms with van der Waals surface area (Å²) in [5.74, 6) is 0.736. The molecule has 8 nitrogen and oxygen atoms in total. The second kappa shape index (κ2) is 6.67. The van der Waals surface area contributed by atoms with Crippen LogP contribution in [0.25, 0.3) is 11.2 Å². The second-order valence-corrected chi connectivity index (χ2v) is 7.22. The lowest BCUT2D eigenvalue weighted by Crippen LogP contribution is -2.23. The van der Waals surface area contributed by atoms with E-state index in [1.807, 2.05) is 38.3 Å². The Morgan fingerprint density at radius 1 is 1.38 bits per heavy atom. The lowest BCUT2D eigenvalue weighted by atomic mass is 10.2. The Bertz CT molecular complexity index is 972. The van der Waals surface area contributed by atoms with Crippen molar-refractivity contribution in [3.05, 3.63) is 41.7 Å². The molecule has 26 heavy (non-hydrogen) atoms. The topological polar surface area (TPSA) is 82.4 Å². The Labute approximate surface area is 156 Å². The van der Waals surface area contributed by atoms with E-state index in [0.717, 1.165) is 40.1 Å². The lowest BCUT2D eigenvalue weighted by Gasteiger charge is -2.14. The fourth-order valence-corrected chi connectivity index (χ4v) is 3.58. The monoisotopic (exact) mass is 370 g/mol. The molecule has 0 saturated heterocycles. The van der Waals surface area contributed by atoms with Gasteiger partial charge in [-0.15, -0.1) is 0 Å². The van der Waals surface area contributed by atoms with E-state index in [0.29, 0.717) is 0 Å². The minimum absolute atomic E-state index is 0.122. The van der Waals surface area contributed by atoms with Crippen LogP contribution in [0.15, 0.2) is 24.7 Å². The van der Waals surface area contributed by atoms with Crippen molar-refractivity contribution >= 4 is 33.6 Å². The third-order valence-electron chi connectivity index (χ3n) is 4.45. The molecule has 9 heteroatoms. The third kappa shape index (κ3) is 3.05. The Morgan fingerprint density at radius 2 is 2.23 bits per heavy atom. The molecule has 0 spiro atoms. The first-order chi connectivity index (χ1) is 12.5. The standard InChI is InChI=1S/C17H22N8S/c1-10-5-15(26-23-10)22-16-17-19-7-14(12-6-20-24(4)8-12)25(17)9-13(21-16)11(2)18-3/h5,7-9,11,18,20H,6H2,1-4H3,(H,21,22). The first-order valence-corrected chi connectivity index (χ1v) is 9.25. The molecule has 3 N–H and O–H groups in total. The number of anilines is 2. The van der Waals surface area contributed by atoms with Crippen molar-refractivity contribution in [3.8, 4) is 0 Å². The third-order valence-corrected chi connectivity index (χ3v) is 5.25. The van der Waals surface area contributed by atoms with Crippen molar-refractivity contribution in [1.82, 2.24) is 34.5 Å². The summed E-state index contributed by atoms with van der Waals surface area (Å²) in [4.78, 5) is 9.44. The fourth-order valence-electron chi connectivity index (χ4n) is 2.92. The fraction of sp³-hybridized carbons (Fsp3) is 0.353. The van der Waals surface area contributed by atoms with Gasteiger partial charge in [0.15, 0.2) is 11.5 Å². The van der Waals surface area contributed by atoms with Gasteiger partial charge in [0.2, 0.25) is 0 Å². The molecule has 0 radical (unpaired) electrons. The zero-order valence-electron chi connectivity index (χ0n) is 15.2. The number of aromatic nitrogens is 4. The summed E-state index contributed by atoms with van der Waals surface area (Å²) in [5.41, 5.74) is 8.26. The van der Waals surface area contributed by atoms with Gasteiger partial charge in [0.1, 0.15) is 5.00 Å². The number of nitrogens with one attached hydrogen (secondary N) is 3. The summed E-state index contributed by atoms with van der Waals surface area (Å²) in [6.45, 7) is 4.85. The van der Waals surface area contributed by atoms with Crippen LogP contribution in [0.1, 0.15) is 30.0 Å². The van der Waals surface area contributed by atoms with Gasteiger partial charge in [0, 0.05) is 37.6 Å². The number of hydrogen-bond acceptors (Lipinski definition) is 8. The summed E-state index contributed by atoms with van der Waals surface area (Å²) in [5, 5.41) is 9.57. The lowest BCUT2D eigenvalue weighted by molar-refractivity contribution is 0.374. The van der Waals surface area contributed by atoms with Gasteiger partial charge in [-0.05, 0) is 38.5 Å². The normalized spacial score (nSPS) is 15.5. The van der Waals surface area contributed by atoms with Gasteiger partial charge < -0.3 is 15.6 Å². The molecule has 136 valence electrons. The van der Waals surface area contributed by atoms with Gasteiger partial charge in [0.05, 0.1) is 23.3 Å². The number of rotatable bonds is 5. The molecule has 0 saturated carbocycles. The summed E-state index contributed by atoms with van der Waals surface area (Å²) < 4.78 is 6.44. The van der Waals surface area contributed by atoms with Crippen LogP contribution in [0.5, 0.6) is 0 Å². The number of hydrogen-bond donors (Lipinski definition) is 3. The van der Waals surface area contributed by atoms with Gasteiger partial charge in [-0.25, -0.2) is 15.4 Å². The molecule has 0 fully saturated rings. The smallest absolute Gasteiger partial charge is 0.180 e. The van der Waals surface area contributed by atoms with E-state index in [1.165, 1.54) is 17.1 Å². The van der Waals surface area contributed by atoms with Crippen LogP contribution in [0, 0.1) is 6.92 Å². The van der Waals surface area contributed by atoms with E-state index in [4.69, 9.17) is 4.98 Å². The van der Waals surface area contributed by atoms with Crippen LogP contribution in [0.2, 0.25) is 0 Å². The molecule has 4 rings (SSSR count). The molecule has 0 aromatic carbocycles. The number of nitrogens with zero attached hydrogens (tertiary/aromatic N) is 5. The molecule has 1 aliphatic heterocycles. The highest BCUT2D eigenvalue weighted by Crippen LogP contribution is 2.28. The van der Waals surface area contributed by atoms with Gasteiger partial charge in [0.25, 0.3) is 0 Å². The van der Waals surface area contributed by atoms with E-state index >= 15 is 0 Å². The number of hydrazine groups is 1. The first kappa shape index (κ1) is 17.0. The summed E-state index contributed by atoms with van der Waals surface area (Å²) in [6, 6.07) is 2.14. The average molecular weight is 370 g/mol. The highest BCUT2D eigenvalue weighted by atomic mass is 32.1. The molecule has 4 heterocycles. The Kier molecular flexibility index (Phi) is 4.35. The van der Waals surface area contributed by atoms with Crippen molar-refractivity contribution in [2.24, 2.45) is 0 Å². The van der Waals surface area contributed by atoms with Crippen LogP contribution in [0.3, 0.4) is 0 Å². The Balaban J connectivity index is 1.84. The van der Waals surface area contributed by atoms with Crippen molar-refractivity contribution < 1.29 is 0 Å². The highest BCUT2D eigenvalue weighted by molar-refractivity contribution is 7.10. The van der Waals surface area contributed by atoms with E-state index in [9.17, 15) is 0 Å². The molecule has 0 amide bonds. The van der Waals surface area contributed by atoms with Crippen LogP contribution < -0.4 is 16.1 Å². The maximum Gasteiger partial charge on any atom is 0.180 e. The van der Waals surface area contributed by atoms with Gasteiger partial charge >= 0.3 is 0 Å². The molecular formula is C17H22N8S. The minimum atomic E-state index is 0.122. The summed E-state index contributed by atoms with van der Waals surface area (Å²) in [7, 11) is 3.93. The molecule has 0 aliphatic carbocycles. The van der Waals surface area contributed by atoms with Crippen molar-refractivity contribution in [3.63, 3.8) is 0 Å². The predicted molar refractivity (Wildman–Crippen MR) is 104 cm³/mol. The summed E-state index contributed by atoms with van der Waals surface area (Å²) in [6.07, 6.45) is 6.05. The minimum Gasteiger partial charge on any atom is -0.328 e. The SMILES string of the molecule is CNC(C)c1cn2c(C3=CN(C)NC3)cnc2c(Nc2cc(C)ns2)n1. The predicted octanol–water partition coefficient (Wildman–Crippen LogP) is 2.31. The van der Waals surface area contributed by atoms with E-state index in [1.54, 1.807) is 0 Å². The molecule has 1 unspecified atom stereocenters. The van der Waals surface area contributed by atoms with Gasteiger partial charge in [-0.3, -0.25) is 4.40 Å². The van der Waals surface area contributed by atoms with E-state index in [2.05, 4.69) is 49.1 Å². The van der Waals surface area contributed by atoms with Crippen molar-refractivity contribution in [2.75, 3.05) is 26.0 Å². The maximum atomic E-state index is 4.81. The average Bonchev–Trinajstić information content (AvgIpc) is 3.34. The van der Waals surface area contributed by atoms with E-state index in [-0.39, 0.29) is 6.04 Å². The van der Waals surface area contributed by atoms with Crippen LogP contribution in [0.4, 0.5) is 10.8 Å². The first-order valence-electron chi connectivity index (χ1n) is 8.48. The Hall–Kier alpha value is -2.49. The Morgan fingerprint density at radius 3 is 2.88 bits per heavy atom.